The van der Waals surface area contributed by atoms with E-state index in [2.05, 4.69) is 13.8 Å². The van der Waals surface area contributed by atoms with Gasteiger partial charge < -0.3 is 14.2 Å². The van der Waals surface area contributed by atoms with Crippen molar-refractivity contribution in [2.75, 3.05) is 0 Å². The summed E-state index contributed by atoms with van der Waals surface area (Å²) in [5, 5.41) is 0. The Kier molecular flexibility index (Phi) is 7.24. The van der Waals surface area contributed by atoms with E-state index in [1.165, 1.54) is 32.1 Å². The first-order chi connectivity index (χ1) is 21.1. The highest BCUT2D eigenvalue weighted by atomic mass is 16.6. The molecule has 6 unspecified atom stereocenters. The summed E-state index contributed by atoms with van der Waals surface area (Å²) in [5.74, 6) is 1.61. The molecule has 8 rings (SSSR count). The monoisotopic (exact) mass is 624 g/mol. The van der Waals surface area contributed by atoms with Gasteiger partial charge in [-0.15, -0.1) is 0 Å². The van der Waals surface area contributed by atoms with E-state index in [0.29, 0.717) is 24.7 Å². The molecule has 0 aromatic carbocycles. The Labute approximate surface area is 269 Å². The molecule has 6 atom stereocenters. The first-order valence-electron chi connectivity index (χ1n) is 18.2. The molecule has 7 aliphatic carbocycles. The van der Waals surface area contributed by atoms with Crippen LogP contribution in [0.2, 0.25) is 0 Å². The molecule has 8 aliphatic rings. The van der Waals surface area contributed by atoms with E-state index < -0.39 is 46.0 Å². The lowest BCUT2D eigenvalue weighted by Crippen LogP contribution is -2.62. The predicted octanol–water partition coefficient (Wildman–Crippen LogP) is 7.23. The smallest absolute Gasteiger partial charge is 0.313 e. The second-order valence-electron chi connectivity index (χ2n) is 18.2. The quantitative estimate of drug-likeness (QED) is 0.187. The molecule has 0 aromatic rings. The zero-order chi connectivity index (χ0) is 32.3. The van der Waals surface area contributed by atoms with Crippen molar-refractivity contribution in [1.82, 2.24) is 0 Å². The van der Waals surface area contributed by atoms with Gasteiger partial charge in [0, 0.05) is 18.3 Å². The molecular weight excluding hydrogens is 568 g/mol. The van der Waals surface area contributed by atoms with Crippen molar-refractivity contribution < 1.29 is 33.4 Å². The fourth-order valence-electron chi connectivity index (χ4n) is 12.2. The first-order valence-corrected chi connectivity index (χ1v) is 18.2. The maximum absolute atomic E-state index is 15.2. The number of hydrogen-bond donors (Lipinski definition) is 0. The summed E-state index contributed by atoms with van der Waals surface area (Å²) in [7, 11) is 0. The summed E-state index contributed by atoms with van der Waals surface area (Å²) in [4.78, 5) is 56.6. The normalized spacial score (nSPS) is 42.0. The Balaban J connectivity index is 1.21. The van der Waals surface area contributed by atoms with Gasteiger partial charge in [0.25, 0.3) is 0 Å². The average Bonchev–Trinajstić information content (AvgIpc) is 3.74. The highest BCUT2D eigenvalue weighted by Crippen LogP contribution is 2.65. The fraction of sp³-hybridized carbons (Fsp3) is 0.895. The Morgan fingerprint density at radius 2 is 1.42 bits per heavy atom. The molecule has 0 radical (unpaired) electrons. The van der Waals surface area contributed by atoms with E-state index in [-0.39, 0.29) is 34.9 Å². The molecule has 1 saturated heterocycles. The summed E-state index contributed by atoms with van der Waals surface area (Å²) in [6, 6.07) is 0. The average molecular weight is 625 g/mol. The minimum absolute atomic E-state index is 0.0290. The summed E-state index contributed by atoms with van der Waals surface area (Å²) in [6.07, 6.45) is 11.5. The topological polar surface area (TPSA) is 96.0 Å². The van der Waals surface area contributed by atoms with Crippen molar-refractivity contribution >= 4 is 23.7 Å². The lowest BCUT2D eigenvalue weighted by atomic mass is 9.43. The molecule has 8 fully saturated rings. The number of fused-ring (bicyclic) bond motifs is 1. The summed E-state index contributed by atoms with van der Waals surface area (Å²) < 4.78 is 18.5. The summed E-state index contributed by atoms with van der Waals surface area (Å²) in [6.45, 7) is 13.5. The van der Waals surface area contributed by atoms with Crippen molar-refractivity contribution in [3.63, 3.8) is 0 Å². The maximum atomic E-state index is 15.2. The Morgan fingerprint density at radius 3 is 2.00 bits per heavy atom. The largest absolute Gasteiger partial charge is 0.459 e. The molecule has 0 aromatic heterocycles. The molecule has 250 valence electrons. The molecule has 1 heterocycles. The molecule has 7 nitrogen and oxygen atoms in total. The number of Topliss-reactive ketones (excluding diaryl/α,β-unsaturated/α-hetero) is 1. The fourth-order valence-corrected chi connectivity index (χ4v) is 12.2. The number of ether oxygens (including phenoxy) is 3. The maximum Gasteiger partial charge on any atom is 0.313 e. The molecule has 0 spiro atoms. The lowest BCUT2D eigenvalue weighted by Gasteiger charge is -2.61. The van der Waals surface area contributed by atoms with Crippen molar-refractivity contribution in [2.45, 2.75) is 150 Å². The Bertz CT molecular complexity index is 1240. The number of carbonyl (C=O) groups excluding carboxylic acids is 4. The van der Waals surface area contributed by atoms with Gasteiger partial charge in [0.15, 0.2) is 0 Å². The van der Waals surface area contributed by atoms with Crippen molar-refractivity contribution in [3.8, 4) is 0 Å². The highest BCUT2D eigenvalue weighted by molar-refractivity contribution is 5.97. The number of rotatable bonds is 10. The first kappa shape index (κ1) is 31.7. The number of hydrogen-bond acceptors (Lipinski definition) is 7. The van der Waals surface area contributed by atoms with Gasteiger partial charge in [0.1, 0.15) is 23.6 Å². The van der Waals surface area contributed by atoms with Crippen LogP contribution in [0.5, 0.6) is 0 Å². The van der Waals surface area contributed by atoms with Gasteiger partial charge >= 0.3 is 17.9 Å². The SMILES string of the molecule is CCC1(OC(=O)C(C)(C)C(C)(C(=O)CC2(C)C3CC4CC(C3)CC2C4)C(C)(C)C(=O)OC2C3CC4C(=O)OC2C4C3)CCCC1. The molecule has 7 saturated carbocycles. The number of esters is 3. The minimum atomic E-state index is -1.40. The van der Waals surface area contributed by atoms with Gasteiger partial charge in [-0.3, -0.25) is 19.2 Å². The third kappa shape index (κ3) is 4.39. The lowest BCUT2D eigenvalue weighted by molar-refractivity contribution is -0.200. The highest BCUT2D eigenvalue weighted by Gasteiger charge is 2.68. The molecule has 0 amide bonds. The van der Waals surface area contributed by atoms with E-state index in [0.717, 1.165) is 50.4 Å². The van der Waals surface area contributed by atoms with Gasteiger partial charge in [-0.05, 0) is 134 Å². The van der Waals surface area contributed by atoms with E-state index in [1.54, 1.807) is 13.8 Å². The van der Waals surface area contributed by atoms with E-state index >= 15 is 4.79 Å². The van der Waals surface area contributed by atoms with Crippen molar-refractivity contribution in [3.05, 3.63) is 0 Å². The number of carbonyl (C=O) groups is 4. The second-order valence-corrected chi connectivity index (χ2v) is 18.2. The standard InChI is InChI=1S/C38H56O7/c1-8-38(11-9-10-12-38)45-33(42)35(4,5)37(7,28(39)20-36(6)24-14-21-13-22(16-24)17-25(36)15-21)34(2,3)32(41)44-29-23-18-26-27(19-23)31(40)43-30(26)29/h21-27,29-30H,8-20H2,1-7H3. The zero-order valence-corrected chi connectivity index (χ0v) is 28.7. The molecular formula is C38H56O7. The number of ketones is 1. The van der Waals surface area contributed by atoms with Crippen LogP contribution in [0, 0.1) is 63.1 Å². The Morgan fingerprint density at radius 1 is 0.844 bits per heavy atom. The van der Waals surface area contributed by atoms with Crippen LogP contribution in [0.1, 0.15) is 132 Å². The van der Waals surface area contributed by atoms with Gasteiger partial charge in [-0.1, -0.05) is 20.8 Å². The minimum Gasteiger partial charge on any atom is -0.459 e. The molecule has 1 aliphatic heterocycles. The van der Waals surface area contributed by atoms with Gasteiger partial charge in [-0.25, -0.2) is 0 Å². The third-order valence-corrected chi connectivity index (χ3v) is 15.7. The second kappa shape index (κ2) is 10.3. The van der Waals surface area contributed by atoms with Crippen LogP contribution in [0.15, 0.2) is 0 Å². The van der Waals surface area contributed by atoms with E-state index in [9.17, 15) is 14.4 Å². The van der Waals surface area contributed by atoms with Gasteiger partial charge in [0.05, 0.1) is 22.2 Å². The van der Waals surface area contributed by atoms with Crippen LogP contribution < -0.4 is 0 Å². The summed E-state index contributed by atoms with van der Waals surface area (Å²) >= 11 is 0. The van der Waals surface area contributed by atoms with Crippen LogP contribution in [0.3, 0.4) is 0 Å². The van der Waals surface area contributed by atoms with E-state index in [1.807, 2.05) is 20.8 Å². The third-order valence-electron chi connectivity index (χ3n) is 15.7. The van der Waals surface area contributed by atoms with Crippen LogP contribution in [0.4, 0.5) is 0 Å². The molecule has 45 heavy (non-hydrogen) atoms. The van der Waals surface area contributed by atoms with Gasteiger partial charge in [-0.2, -0.15) is 0 Å². The van der Waals surface area contributed by atoms with Crippen LogP contribution >= 0.6 is 0 Å². The molecule has 0 N–H and O–H groups in total. The Hall–Kier alpha value is -1.92. The van der Waals surface area contributed by atoms with Gasteiger partial charge in [0.2, 0.25) is 0 Å². The zero-order valence-electron chi connectivity index (χ0n) is 28.7. The van der Waals surface area contributed by atoms with E-state index in [4.69, 9.17) is 14.2 Å². The van der Waals surface area contributed by atoms with Crippen molar-refractivity contribution in [2.24, 2.45) is 63.1 Å². The van der Waals surface area contributed by atoms with Crippen molar-refractivity contribution in [1.29, 1.82) is 0 Å². The van der Waals surface area contributed by atoms with Crippen LogP contribution in [0.25, 0.3) is 0 Å². The van der Waals surface area contributed by atoms with Crippen LogP contribution in [-0.2, 0) is 33.4 Å². The molecule has 7 heteroatoms. The van der Waals surface area contributed by atoms with Crippen LogP contribution in [-0.4, -0.2) is 41.5 Å². The molecule has 6 bridgehead atoms. The predicted molar refractivity (Wildman–Crippen MR) is 167 cm³/mol. The summed E-state index contributed by atoms with van der Waals surface area (Å²) in [5.41, 5.74) is -4.68.